The van der Waals surface area contributed by atoms with Gasteiger partial charge in [-0.1, -0.05) is 30.0 Å². The molecule has 1 aliphatic heterocycles. The Kier molecular flexibility index (Phi) is 4.54. The molecule has 128 valence electrons. The fourth-order valence-corrected chi connectivity index (χ4v) is 2.77. The summed E-state index contributed by atoms with van der Waals surface area (Å²) < 4.78 is 0. The predicted molar refractivity (Wildman–Crippen MR) is 98.5 cm³/mol. The van der Waals surface area contributed by atoms with Crippen molar-refractivity contribution in [2.75, 3.05) is 26.2 Å². The minimum absolute atomic E-state index is 0.101. The molecule has 2 aromatic heterocycles. The second-order valence-corrected chi connectivity index (χ2v) is 5.98. The maximum atomic E-state index is 12.5. The van der Waals surface area contributed by atoms with E-state index in [-0.39, 0.29) is 5.91 Å². The standard InChI is InChI=1S/C20H17N5O/c26-20(25-10-8-21-9-11-25)18-14-22-17-12-16(13-23-19(17)24-18)7-6-15-4-2-1-3-5-15/h1-5,12-14,21H,8-11H2. The van der Waals surface area contributed by atoms with E-state index in [1.54, 1.807) is 11.1 Å². The van der Waals surface area contributed by atoms with E-state index >= 15 is 0 Å². The molecule has 6 nitrogen and oxygen atoms in total. The number of hydrogen-bond acceptors (Lipinski definition) is 5. The first-order valence-corrected chi connectivity index (χ1v) is 8.49. The summed E-state index contributed by atoms with van der Waals surface area (Å²) in [6.45, 7) is 2.96. The van der Waals surface area contributed by atoms with Crippen LogP contribution in [-0.4, -0.2) is 51.9 Å². The Labute approximate surface area is 151 Å². The summed E-state index contributed by atoms with van der Waals surface area (Å²) in [5.74, 6) is 6.07. The molecule has 1 amide bonds. The van der Waals surface area contributed by atoms with Crippen molar-refractivity contribution in [3.63, 3.8) is 0 Å². The van der Waals surface area contributed by atoms with Gasteiger partial charge in [0.15, 0.2) is 5.65 Å². The molecule has 0 bridgehead atoms. The maximum absolute atomic E-state index is 12.5. The largest absolute Gasteiger partial charge is 0.335 e. The fourth-order valence-electron chi connectivity index (χ4n) is 2.77. The topological polar surface area (TPSA) is 71.0 Å². The summed E-state index contributed by atoms with van der Waals surface area (Å²) in [6.07, 6.45) is 3.18. The Morgan fingerprint density at radius 2 is 1.77 bits per heavy atom. The van der Waals surface area contributed by atoms with Crippen LogP contribution in [0.4, 0.5) is 0 Å². The zero-order valence-electron chi connectivity index (χ0n) is 14.1. The Bertz CT molecular complexity index is 1000. The van der Waals surface area contributed by atoms with Crippen LogP contribution in [0, 0.1) is 11.8 Å². The zero-order valence-corrected chi connectivity index (χ0v) is 14.1. The number of amides is 1. The first kappa shape index (κ1) is 16.2. The second-order valence-electron chi connectivity index (χ2n) is 5.98. The van der Waals surface area contributed by atoms with Crippen molar-refractivity contribution >= 4 is 17.1 Å². The van der Waals surface area contributed by atoms with Gasteiger partial charge in [-0.15, -0.1) is 0 Å². The molecule has 3 heterocycles. The number of hydrogen-bond donors (Lipinski definition) is 1. The first-order valence-electron chi connectivity index (χ1n) is 8.49. The third-order valence-corrected chi connectivity index (χ3v) is 4.15. The Hall–Kier alpha value is -3.30. The molecule has 26 heavy (non-hydrogen) atoms. The SMILES string of the molecule is O=C(c1cnc2cc(C#Cc3ccccc3)cnc2n1)N1CCNCC1. The number of nitrogens with one attached hydrogen (secondary N) is 1. The lowest BCUT2D eigenvalue weighted by atomic mass is 10.2. The molecule has 0 aliphatic carbocycles. The highest BCUT2D eigenvalue weighted by Crippen LogP contribution is 2.11. The monoisotopic (exact) mass is 343 g/mol. The summed E-state index contributed by atoms with van der Waals surface area (Å²) in [7, 11) is 0. The van der Waals surface area contributed by atoms with Gasteiger partial charge in [0.05, 0.1) is 6.20 Å². The Morgan fingerprint density at radius 3 is 2.58 bits per heavy atom. The summed E-state index contributed by atoms with van der Waals surface area (Å²) in [4.78, 5) is 27.4. The first-order chi connectivity index (χ1) is 12.8. The summed E-state index contributed by atoms with van der Waals surface area (Å²) >= 11 is 0. The molecule has 0 spiro atoms. The number of benzene rings is 1. The molecule has 0 atom stereocenters. The highest BCUT2D eigenvalue weighted by atomic mass is 16.2. The molecule has 0 saturated carbocycles. The number of fused-ring (bicyclic) bond motifs is 1. The summed E-state index contributed by atoms with van der Waals surface area (Å²) in [6, 6.07) is 11.6. The van der Waals surface area contributed by atoms with Crippen LogP contribution in [-0.2, 0) is 0 Å². The normalized spacial score (nSPS) is 13.9. The lowest BCUT2D eigenvalue weighted by Crippen LogP contribution is -2.46. The molecule has 0 radical (unpaired) electrons. The number of aromatic nitrogens is 3. The van der Waals surface area contributed by atoms with E-state index in [9.17, 15) is 4.79 Å². The molecular formula is C20H17N5O. The molecule has 4 rings (SSSR count). The second kappa shape index (κ2) is 7.30. The third kappa shape index (κ3) is 3.53. The van der Waals surface area contributed by atoms with Gasteiger partial charge in [-0.05, 0) is 18.2 Å². The molecular weight excluding hydrogens is 326 g/mol. The number of carbonyl (C=O) groups is 1. The van der Waals surface area contributed by atoms with Crippen molar-refractivity contribution in [2.45, 2.75) is 0 Å². The number of rotatable bonds is 1. The number of piperazine rings is 1. The van der Waals surface area contributed by atoms with E-state index in [2.05, 4.69) is 32.1 Å². The van der Waals surface area contributed by atoms with Crippen molar-refractivity contribution in [2.24, 2.45) is 0 Å². The molecule has 1 aliphatic rings. The van der Waals surface area contributed by atoms with Crippen molar-refractivity contribution in [3.05, 3.63) is 65.6 Å². The molecule has 3 aromatic rings. The minimum Gasteiger partial charge on any atom is -0.335 e. The van der Waals surface area contributed by atoms with Crippen LogP contribution in [0.5, 0.6) is 0 Å². The fraction of sp³-hybridized carbons (Fsp3) is 0.200. The maximum Gasteiger partial charge on any atom is 0.274 e. The van der Waals surface area contributed by atoms with E-state index in [1.165, 1.54) is 6.20 Å². The van der Waals surface area contributed by atoms with Crippen LogP contribution in [0.2, 0.25) is 0 Å². The molecule has 1 saturated heterocycles. The van der Waals surface area contributed by atoms with Gasteiger partial charge >= 0.3 is 0 Å². The van der Waals surface area contributed by atoms with Gasteiger partial charge in [-0.2, -0.15) is 0 Å². The van der Waals surface area contributed by atoms with Crippen LogP contribution in [0.1, 0.15) is 21.6 Å². The number of nitrogens with zero attached hydrogens (tertiary/aromatic N) is 4. The van der Waals surface area contributed by atoms with Gasteiger partial charge in [-0.25, -0.2) is 9.97 Å². The lowest BCUT2D eigenvalue weighted by molar-refractivity contribution is 0.0730. The summed E-state index contributed by atoms with van der Waals surface area (Å²) in [5, 5.41) is 3.23. The molecule has 0 unspecified atom stereocenters. The van der Waals surface area contributed by atoms with Gasteiger partial charge in [0.2, 0.25) is 0 Å². The van der Waals surface area contributed by atoms with E-state index in [0.29, 0.717) is 29.9 Å². The van der Waals surface area contributed by atoms with E-state index in [0.717, 1.165) is 24.2 Å². The molecule has 6 heteroatoms. The third-order valence-electron chi connectivity index (χ3n) is 4.15. The highest BCUT2D eigenvalue weighted by molar-refractivity contribution is 5.93. The van der Waals surface area contributed by atoms with Crippen molar-refractivity contribution in [3.8, 4) is 11.8 Å². The Balaban J connectivity index is 1.58. The van der Waals surface area contributed by atoms with E-state index < -0.39 is 0 Å². The molecule has 1 aromatic carbocycles. The van der Waals surface area contributed by atoms with Gasteiger partial charge in [0.1, 0.15) is 11.2 Å². The van der Waals surface area contributed by atoms with E-state index in [4.69, 9.17) is 0 Å². The number of pyridine rings is 1. The zero-order chi connectivity index (χ0) is 17.8. The van der Waals surface area contributed by atoms with Gasteiger partial charge in [0, 0.05) is 43.5 Å². The average Bonchev–Trinajstić information content (AvgIpc) is 2.72. The summed E-state index contributed by atoms with van der Waals surface area (Å²) in [5.41, 5.74) is 3.11. The van der Waals surface area contributed by atoms with Crippen molar-refractivity contribution in [1.82, 2.24) is 25.2 Å². The lowest BCUT2D eigenvalue weighted by Gasteiger charge is -2.26. The Morgan fingerprint density at radius 1 is 1.00 bits per heavy atom. The average molecular weight is 343 g/mol. The molecule has 1 fully saturated rings. The minimum atomic E-state index is -0.101. The van der Waals surface area contributed by atoms with Crippen LogP contribution in [0.25, 0.3) is 11.2 Å². The van der Waals surface area contributed by atoms with Crippen molar-refractivity contribution in [1.29, 1.82) is 0 Å². The van der Waals surface area contributed by atoms with Crippen LogP contribution >= 0.6 is 0 Å². The van der Waals surface area contributed by atoms with Crippen LogP contribution < -0.4 is 5.32 Å². The van der Waals surface area contributed by atoms with Crippen molar-refractivity contribution < 1.29 is 4.79 Å². The molecule has 1 N–H and O–H groups in total. The van der Waals surface area contributed by atoms with Crippen LogP contribution in [0.15, 0.2) is 48.8 Å². The smallest absolute Gasteiger partial charge is 0.274 e. The van der Waals surface area contributed by atoms with Gasteiger partial charge in [0.25, 0.3) is 5.91 Å². The van der Waals surface area contributed by atoms with E-state index in [1.807, 2.05) is 36.4 Å². The predicted octanol–water partition coefficient (Wildman–Crippen LogP) is 1.47. The van der Waals surface area contributed by atoms with Gasteiger partial charge in [-0.3, -0.25) is 9.78 Å². The number of carbonyl (C=O) groups excluding carboxylic acids is 1. The van der Waals surface area contributed by atoms with Gasteiger partial charge < -0.3 is 10.2 Å². The quantitative estimate of drug-likeness (QED) is 0.678. The van der Waals surface area contributed by atoms with Crippen LogP contribution in [0.3, 0.4) is 0 Å². The highest BCUT2D eigenvalue weighted by Gasteiger charge is 2.19.